The van der Waals surface area contributed by atoms with Crippen LogP contribution in [0.5, 0.6) is 0 Å². The molecule has 0 spiro atoms. The van der Waals surface area contributed by atoms with Gasteiger partial charge in [0.2, 0.25) is 5.91 Å². The van der Waals surface area contributed by atoms with E-state index in [1.807, 2.05) is 49.9 Å². The van der Waals surface area contributed by atoms with Crippen molar-refractivity contribution in [3.05, 3.63) is 77.5 Å². The number of nitrogens with one attached hydrogen (secondary N) is 1. The van der Waals surface area contributed by atoms with Crippen LogP contribution >= 0.6 is 11.6 Å². The largest absolute Gasteiger partial charge is 0.467 e. The first-order valence-corrected chi connectivity index (χ1v) is 10.4. The summed E-state index contributed by atoms with van der Waals surface area (Å²) in [6.07, 6.45) is 3.52. The Bertz CT molecular complexity index is 996. The van der Waals surface area contributed by atoms with Gasteiger partial charge in [-0.25, -0.2) is 4.79 Å². The van der Waals surface area contributed by atoms with Crippen molar-refractivity contribution in [2.75, 3.05) is 11.9 Å². The zero-order valence-corrected chi connectivity index (χ0v) is 18.7. The van der Waals surface area contributed by atoms with Crippen molar-refractivity contribution in [2.24, 2.45) is 7.05 Å². The van der Waals surface area contributed by atoms with Crippen molar-refractivity contribution in [3.8, 4) is 0 Å². The maximum Gasteiger partial charge on any atom is 0.322 e. The lowest BCUT2D eigenvalue weighted by Gasteiger charge is -2.30. The van der Waals surface area contributed by atoms with Gasteiger partial charge in [-0.05, 0) is 62.4 Å². The molecule has 0 radical (unpaired) electrons. The average Bonchev–Trinajstić information content (AvgIpc) is 3.39. The molecule has 2 aromatic heterocycles. The second-order valence-corrected chi connectivity index (χ2v) is 8.03. The maximum atomic E-state index is 13.3. The Hall–Kier alpha value is -3.19. The lowest BCUT2D eigenvalue weighted by atomic mass is 10.2. The van der Waals surface area contributed by atoms with E-state index >= 15 is 0 Å². The first-order chi connectivity index (χ1) is 14.8. The van der Waals surface area contributed by atoms with E-state index in [2.05, 4.69) is 5.32 Å². The molecular formula is C23H27ClN4O3. The smallest absolute Gasteiger partial charge is 0.322 e. The highest BCUT2D eigenvalue weighted by Crippen LogP contribution is 2.16. The van der Waals surface area contributed by atoms with Crippen LogP contribution < -0.4 is 5.32 Å². The Morgan fingerprint density at radius 2 is 1.84 bits per heavy atom. The van der Waals surface area contributed by atoms with Crippen LogP contribution in [0, 0.1) is 0 Å². The molecule has 3 rings (SSSR count). The normalized spacial score (nSPS) is 10.9. The van der Waals surface area contributed by atoms with Crippen molar-refractivity contribution >= 4 is 29.2 Å². The minimum absolute atomic E-state index is 0.0534. The van der Waals surface area contributed by atoms with Crippen LogP contribution in [0.15, 0.2) is 65.4 Å². The van der Waals surface area contributed by atoms with E-state index < -0.39 is 0 Å². The minimum atomic E-state index is -0.345. The fourth-order valence-electron chi connectivity index (χ4n) is 3.14. The fourth-order valence-corrected chi connectivity index (χ4v) is 3.27. The molecule has 2 heterocycles. The van der Waals surface area contributed by atoms with Crippen LogP contribution in [-0.4, -0.2) is 38.9 Å². The first kappa shape index (κ1) is 22.5. The van der Waals surface area contributed by atoms with E-state index in [1.165, 1.54) is 4.90 Å². The Morgan fingerprint density at radius 1 is 1.10 bits per heavy atom. The van der Waals surface area contributed by atoms with E-state index in [4.69, 9.17) is 16.0 Å². The molecule has 0 atom stereocenters. The Balaban J connectivity index is 1.73. The summed E-state index contributed by atoms with van der Waals surface area (Å²) in [6.45, 7) is 4.43. The van der Waals surface area contributed by atoms with Gasteiger partial charge < -0.3 is 24.1 Å². The molecule has 3 amide bonds. The van der Waals surface area contributed by atoms with Crippen molar-refractivity contribution < 1.29 is 14.0 Å². The van der Waals surface area contributed by atoms with Gasteiger partial charge in [-0.3, -0.25) is 4.79 Å². The van der Waals surface area contributed by atoms with E-state index in [0.29, 0.717) is 29.6 Å². The topological polar surface area (TPSA) is 70.7 Å². The molecule has 1 N–H and O–H groups in total. The predicted octanol–water partition coefficient (Wildman–Crippen LogP) is 4.74. The van der Waals surface area contributed by atoms with Crippen LogP contribution in [0.4, 0.5) is 10.5 Å². The van der Waals surface area contributed by atoms with Crippen LogP contribution in [0.2, 0.25) is 5.02 Å². The van der Waals surface area contributed by atoms with Gasteiger partial charge in [-0.2, -0.15) is 0 Å². The summed E-state index contributed by atoms with van der Waals surface area (Å²) < 4.78 is 7.42. The number of carbonyl (C=O) groups excluding carboxylic acids is 2. The van der Waals surface area contributed by atoms with E-state index in [9.17, 15) is 9.59 Å². The quantitative estimate of drug-likeness (QED) is 0.547. The third-order valence-corrected chi connectivity index (χ3v) is 5.22. The second kappa shape index (κ2) is 10.2. The molecule has 0 saturated carbocycles. The standard InChI is InChI=1S/C23H27ClN4O3/c1-17(2)28(23(30)25-19-10-8-18(24)9-11-19)16-22(29)27(15-21-7-5-13-31-21)14-20-6-4-12-26(20)3/h4-13,17H,14-16H2,1-3H3,(H,25,30). The lowest BCUT2D eigenvalue weighted by Crippen LogP contribution is -2.47. The van der Waals surface area contributed by atoms with Crippen molar-refractivity contribution in [1.29, 1.82) is 0 Å². The van der Waals surface area contributed by atoms with Gasteiger partial charge in [-0.15, -0.1) is 0 Å². The van der Waals surface area contributed by atoms with E-state index in [-0.39, 0.29) is 24.5 Å². The zero-order chi connectivity index (χ0) is 22.4. The summed E-state index contributed by atoms with van der Waals surface area (Å²) in [5, 5.41) is 3.42. The molecule has 0 saturated heterocycles. The number of furan rings is 1. The van der Waals surface area contributed by atoms with Gasteiger partial charge in [-0.1, -0.05) is 11.6 Å². The highest BCUT2D eigenvalue weighted by molar-refractivity contribution is 6.30. The highest BCUT2D eigenvalue weighted by atomic mass is 35.5. The summed E-state index contributed by atoms with van der Waals surface area (Å²) in [6, 6.07) is 13.9. The third-order valence-electron chi connectivity index (χ3n) is 4.97. The number of nitrogens with zero attached hydrogens (tertiary/aromatic N) is 3. The number of hydrogen-bond acceptors (Lipinski definition) is 3. The molecule has 0 fully saturated rings. The molecule has 0 aliphatic carbocycles. The van der Waals surface area contributed by atoms with Gasteiger partial charge in [0, 0.05) is 35.7 Å². The second-order valence-electron chi connectivity index (χ2n) is 7.60. The van der Waals surface area contributed by atoms with Crippen LogP contribution in [0.1, 0.15) is 25.3 Å². The number of hydrogen-bond donors (Lipinski definition) is 1. The molecule has 7 nitrogen and oxygen atoms in total. The fraction of sp³-hybridized carbons (Fsp3) is 0.304. The number of halogens is 1. The SMILES string of the molecule is CC(C)N(CC(=O)N(Cc1ccco1)Cc1cccn1C)C(=O)Nc1ccc(Cl)cc1. The predicted molar refractivity (Wildman–Crippen MR) is 121 cm³/mol. The molecule has 3 aromatic rings. The number of aryl methyl sites for hydroxylation is 1. The summed E-state index contributed by atoms with van der Waals surface area (Å²) in [7, 11) is 1.94. The third kappa shape index (κ3) is 6.15. The summed E-state index contributed by atoms with van der Waals surface area (Å²) in [4.78, 5) is 29.3. The maximum absolute atomic E-state index is 13.3. The molecular weight excluding hydrogens is 416 g/mol. The number of carbonyl (C=O) groups is 2. The molecule has 164 valence electrons. The molecule has 0 bridgehead atoms. The molecule has 0 aliphatic heterocycles. The van der Waals surface area contributed by atoms with Crippen molar-refractivity contribution in [2.45, 2.75) is 33.0 Å². The summed E-state index contributed by atoms with van der Waals surface area (Å²) in [5.41, 5.74) is 1.60. The first-order valence-electron chi connectivity index (χ1n) is 10.1. The van der Waals surface area contributed by atoms with Gasteiger partial charge in [0.25, 0.3) is 0 Å². The number of benzene rings is 1. The number of aromatic nitrogens is 1. The Labute approximate surface area is 187 Å². The van der Waals surface area contributed by atoms with Gasteiger partial charge >= 0.3 is 6.03 Å². The number of rotatable bonds is 8. The van der Waals surface area contributed by atoms with Crippen molar-refractivity contribution in [3.63, 3.8) is 0 Å². The summed E-state index contributed by atoms with van der Waals surface area (Å²) >= 11 is 5.91. The molecule has 31 heavy (non-hydrogen) atoms. The Kier molecular flexibility index (Phi) is 7.41. The van der Waals surface area contributed by atoms with Crippen LogP contribution in [0.25, 0.3) is 0 Å². The molecule has 1 aromatic carbocycles. The van der Waals surface area contributed by atoms with Gasteiger partial charge in [0.05, 0.1) is 19.4 Å². The molecule has 0 aliphatic rings. The number of anilines is 1. The van der Waals surface area contributed by atoms with E-state index in [1.54, 1.807) is 41.5 Å². The van der Waals surface area contributed by atoms with Gasteiger partial charge in [0.15, 0.2) is 0 Å². The number of amides is 3. The van der Waals surface area contributed by atoms with Crippen LogP contribution in [-0.2, 0) is 24.9 Å². The average molecular weight is 443 g/mol. The van der Waals surface area contributed by atoms with Crippen LogP contribution in [0.3, 0.4) is 0 Å². The number of urea groups is 1. The minimum Gasteiger partial charge on any atom is -0.467 e. The monoisotopic (exact) mass is 442 g/mol. The van der Waals surface area contributed by atoms with Crippen molar-refractivity contribution in [1.82, 2.24) is 14.4 Å². The Morgan fingerprint density at radius 3 is 2.42 bits per heavy atom. The zero-order valence-electron chi connectivity index (χ0n) is 17.9. The summed E-state index contributed by atoms with van der Waals surface area (Å²) in [5.74, 6) is 0.516. The highest BCUT2D eigenvalue weighted by Gasteiger charge is 2.25. The molecule has 8 heteroatoms. The van der Waals surface area contributed by atoms with E-state index in [0.717, 1.165) is 5.69 Å². The van der Waals surface area contributed by atoms with Gasteiger partial charge in [0.1, 0.15) is 12.3 Å². The lowest BCUT2D eigenvalue weighted by molar-refractivity contribution is -0.133. The molecule has 0 unspecified atom stereocenters.